The van der Waals surface area contributed by atoms with Gasteiger partial charge in [-0.05, 0) is 55.0 Å². The van der Waals surface area contributed by atoms with Crippen LogP contribution in [0.25, 0.3) is 6.08 Å². The number of allylic oxidation sites excluding steroid dienone is 1. The van der Waals surface area contributed by atoms with Gasteiger partial charge in [0.25, 0.3) is 5.91 Å². The number of hydrogen-bond acceptors (Lipinski definition) is 4. The van der Waals surface area contributed by atoms with E-state index in [1.54, 1.807) is 44.4 Å². The lowest BCUT2D eigenvalue weighted by Crippen LogP contribution is -2.27. The highest BCUT2D eigenvalue weighted by Gasteiger charge is 2.06. The lowest BCUT2D eigenvalue weighted by Gasteiger charge is -2.11. The van der Waals surface area contributed by atoms with Gasteiger partial charge in [-0.25, -0.2) is 0 Å². The molecule has 0 unspecified atom stereocenters. The maximum Gasteiger partial charge on any atom is 0.259 e. The molecule has 136 valence electrons. The van der Waals surface area contributed by atoms with Crippen molar-refractivity contribution in [2.24, 2.45) is 0 Å². The summed E-state index contributed by atoms with van der Waals surface area (Å²) in [6, 6.07) is 14.3. The van der Waals surface area contributed by atoms with Crippen molar-refractivity contribution in [3.05, 3.63) is 65.7 Å². The fourth-order valence-corrected chi connectivity index (χ4v) is 2.10. The second-order valence-corrected chi connectivity index (χ2v) is 5.80. The van der Waals surface area contributed by atoms with Gasteiger partial charge in [-0.3, -0.25) is 9.59 Å². The monoisotopic (exact) mass is 353 g/mol. The number of rotatable bonds is 8. The molecule has 0 aliphatic heterocycles. The van der Waals surface area contributed by atoms with E-state index in [1.807, 2.05) is 31.2 Å². The summed E-state index contributed by atoms with van der Waals surface area (Å²) in [6.07, 6.45) is 3.29. The van der Waals surface area contributed by atoms with Crippen molar-refractivity contribution in [2.75, 3.05) is 27.3 Å². The van der Waals surface area contributed by atoms with Gasteiger partial charge in [0.2, 0.25) is 0 Å². The third kappa shape index (κ3) is 5.77. The summed E-state index contributed by atoms with van der Waals surface area (Å²) in [4.78, 5) is 25.2. The number of likely N-dealkylation sites (N-methyl/N-ethyl adjacent to an activating group) is 1. The summed E-state index contributed by atoms with van der Waals surface area (Å²) in [6.45, 7) is 2.53. The second-order valence-electron chi connectivity index (χ2n) is 5.80. The first kappa shape index (κ1) is 19.2. The Bertz CT molecular complexity index is 762. The van der Waals surface area contributed by atoms with Crippen LogP contribution in [-0.2, 0) is 4.79 Å². The summed E-state index contributed by atoms with van der Waals surface area (Å²) >= 11 is 0. The molecule has 26 heavy (non-hydrogen) atoms. The molecule has 2 aromatic rings. The first-order valence-corrected chi connectivity index (χ1v) is 8.38. The molecule has 0 saturated heterocycles. The Morgan fingerprint density at radius 3 is 2.08 bits per heavy atom. The first-order chi connectivity index (χ1) is 12.5. The second kappa shape index (κ2) is 9.42. The van der Waals surface area contributed by atoms with Gasteiger partial charge >= 0.3 is 0 Å². The van der Waals surface area contributed by atoms with Gasteiger partial charge in [0, 0.05) is 19.7 Å². The molecule has 0 spiro atoms. The third-order valence-corrected chi connectivity index (χ3v) is 3.62. The van der Waals surface area contributed by atoms with Crippen LogP contribution in [0.3, 0.4) is 0 Å². The number of ether oxygens (including phenoxy) is 2. The minimum absolute atomic E-state index is 0.0298. The van der Waals surface area contributed by atoms with Gasteiger partial charge in [-0.1, -0.05) is 18.2 Å². The average Bonchev–Trinajstić information content (AvgIpc) is 2.65. The molecule has 0 heterocycles. The maximum atomic E-state index is 12.2. The van der Waals surface area contributed by atoms with Crippen LogP contribution in [0.1, 0.15) is 22.8 Å². The number of nitrogens with zero attached hydrogens (tertiary/aromatic N) is 1. The number of hydrogen-bond donors (Lipinski definition) is 0. The topological polar surface area (TPSA) is 55.8 Å². The minimum Gasteiger partial charge on any atom is -0.494 e. The molecule has 1 amide bonds. The third-order valence-electron chi connectivity index (χ3n) is 3.62. The molecule has 0 bridgehead atoms. The van der Waals surface area contributed by atoms with E-state index in [0.717, 1.165) is 11.3 Å². The number of benzene rings is 2. The van der Waals surface area contributed by atoms with Crippen LogP contribution in [0, 0.1) is 0 Å². The Morgan fingerprint density at radius 2 is 1.50 bits per heavy atom. The lowest BCUT2D eigenvalue weighted by molar-refractivity contribution is -0.130. The Balaban J connectivity index is 1.93. The van der Waals surface area contributed by atoms with Crippen molar-refractivity contribution in [1.82, 2.24) is 4.90 Å². The van der Waals surface area contributed by atoms with Gasteiger partial charge in [0.15, 0.2) is 12.4 Å². The van der Waals surface area contributed by atoms with Crippen molar-refractivity contribution in [3.63, 3.8) is 0 Å². The SMILES string of the molecule is CCOc1ccc(/C=C/C(=O)c2ccc(OCC(=O)N(C)C)cc2)cc1. The largest absolute Gasteiger partial charge is 0.494 e. The van der Waals surface area contributed by atoms with Crippen molar-refractivity contribution in [3.8, 4) is 11.5 Å². The van der Waals surface area contributed by atoms with Crippen LogP contribution < -0.4 is 9.47 Å². The van der Waals surface area contributed by atoms with Crippen LogP contribution in [0.2, 0.25) is 0 Å². The van der Waals surface area contributed by atoms with Crippen LogP contribution in [0.15, 0.2) is 54.6 Å². The highest BCUT2D eigenvalue weighted by Crippen LogP contribution is 2.15. The van der Waals surface area contributed by atoms with Crippen molar-refractivity contribution in [2.45, 2.75) is 6.92 Å². The molecule has 5 heteroatoms. The van der Waals surface area contributed by atoms with Gasteiger partial charge in [0.1, 0.15) is 11.5 Å². The maximum absolute atomic E-state index is 12.2. The van der Waals surface area contributed by atoms with E-state index in [1.165, 1.54) is 11.0 Å². The number of carbonyl (C=O) groups is 2. The van der Waals surface area contributed by atoms with E-state index >= 15 is 0 Å². The molecule has 0 N–H and O–H groups in total. The molecule has 0 fully saturated rings. The van der Waals surface area contributed by atoms with E-state index in [9.17, 15) is 9.59 Å². The molecule has 2 aromatic carbocycles. The Kier molecular flexibility index (Phi) is 6.97. The van der Waals surface area contributed by atoms with Gasteiger partial charge in [-0.15, -0.1) is 0 Å². The fraction of sp³-hybridized carbons (Fsp3) is 0.238. The van der Waals surface area contributed by atoms with Crippen molar-refractivity contribution in [1.29, 1.82) is 0 Å². The highest BCUT2D eigenvalue weighted by molar-refractivity contribution is 6.06. The van der Waals surface area contributed by atoms with Crippen LogP contribution in [-0.4, -0.2) is 43.9 Å². The molecule has 5 nitrogen and oxygen atoms in total. The van der Waals surface area contributed by atoms with E-state index < -0.39 is 0 Å². The molecule has 0 saturated carbocycles. The zero-order valence-electron chi connectivity index (χ0n) is 15.3. The van der Waals surface area contributed by atoms with E-state index in [-0.39, 0.29) is 18.3 Å². The van der Waals surface area contributed by atoms with Crippen LogP contribution in [0.4, 0.5) is 0 Å². The van der Waals surface area contributed by atoms with Gasteiger partial charge < -0.3 is 14.4 Å². The molecule has 0 radical (unpaired) electrons. The standard InChI is InChI=1S/C21H23NO4/c1-4-25-18-10-5-16(6-11-18)7-14-20(23)17-8-12-19(13-9-17)26-15-21(24)22(2)3/h5-14H,4,15H2,1-3H3/b14-7+. The summed E-state index contributed by atoms with van der Waals surface area (Å²) < 4.78 is 10.8. The molecule has 0 aromatic heterocycles. The van der Waals surface area contributed by atoms with Crippen LogP contribution in [0.5, 0.6) is 11.5 Å². The molecular weight excluding hydrogens is 330 g/mol. The number of amides is 1. The van der Waals surface area contributed by atoms with E-state index in [4.69, 9.17) is 9.47 Å². The van der Waals surface area contributed by atoms with E-state index in [0.29, 0.717) is 17.9 Å². The highest BCUT2D eigenvalue weighted by atomic mass is 16.5. The summed E-state index contributed by atoms with van der Waals surface area (Å²) in [5.74, 6) is 1.13. The molecule has 2 rings (SSSR count). The van der Waals surface area contributed by atoms with Gasteiger partial charge in [-0.2, -0.15) is 0 Å². The minimum atomic E-state index is -0.122. The predicted octanol–water partition coefficient (Wildman–Crippen LogP) is 3.45. The lowest BCUT2D eigenvalue weighted by atomic mass is 10.1. The summed E-state index contributed by atoms with van der Waals surface area (Å²) in [5.41, 5.74) is 1.47. The Hall–Kier alpha value is -3.08. The average molecular weight is 353 g/mol. The van der Waals surface area contributed by atoms with E-state index in [2.05, 4.69) is 0 Å². The Labute approximate surface area is 153 Å². The quantitative estimate of drug-likeness (QED) is 0.539. The zero-order chi connectivity index (χ0) is 18.9. The number of ketones is 1. The van der Waals surface area contributed by atoms with Crippen molar-refractivity contribution >= 4 is 17.8 Å². The number of carbonyl (C=O) groups excluding carboxylic acids is 2. The first-order valence-electron chi connectivity index (χ1n) is 8.38. The normalized spacial score (nSPS) is 10.6. The fourth-order valence-electron chi connectivity index (χ4n) is 2.10. The molecular formula is C21H23NO4. The van der Waals surface area contributed by atoms with Crippen molar-refractivity contribution < 1.29 is 19.1 Å². The summed E-state index contributed by atoms with van der Waals surface area (Å²) in [5, 5.41) is 0. The summed E-state index contributed by atoms with van der Waals surface area (Å²) in [7, 11) is 3.34. The predicted molar refractivity (Wildman–Crippen MR) is 102 cm³/mol. The Morgan fingerprint density at radius 1 is 0.923 bits per heavy atom. The molecule has 0 aliphatic rings. The van der Waals surface area contributed by atoms with Crippen LogP contribution >= 0.6 is 0 Å². The smallest absolute Gasteiger partial charge is 0.259 e. The molecule has 0 atom stereocenters. The van der Waals surface area contributed by atoms with Gasteiger partial charge in [0.05, 0.1) is 6.61 Å². The zero-order valence-corrected chi connectivity index (χ0v) is 15.3. The molecule has 0 aliphatic carbocycles.